The summed E-state index contributed by atoms with van der Waals surface area (Å²) in [4.78, 5) is 18.6. The topological polar surface area (TPSA) is 85.2 Å². The van der Waals surface area contributed by atoms with Gasteiger partial charge in [-0.25, -0.2) is 0 Å². The second kappa shape index (κ2) is 6.27. The Morgan fingerprint density at radius 1 is 1.20 bits per heavy atom. The third kappa shape index (κ3) is 3.14. The highest BCUT2D eigenvalue weighted by Crippen LogP contribution is 2.37. The van der Waals surface area contributed by atoms with Gasteiger partial charge >= 0.3 is 0 Å². The molecular formula is C17H18Cl2N4O2. The molecule has 2 aromatic rings. The van der Waals surface area contributed by atoms with Gasteiger partial charge in [-0.15, -0.1) is 0 Å². The van der Waals surface area contributed by atoms with Crippen LogP contribution in [0.25, 0.3) is 0 Å². The molecule has 1 amide bonds. The molecule has 0 bridgehead atoms. The highest BCUT2D eigenvalue weighted by Gasteiger charge is 2.39. The summed E-state index contributed by atoms with van der Waals surface area (Å²) in [7, 11) is 0. The molecule has 1 aromatic heterocycles. The van der Waals surface area contributed by atoms with Crippen LogP contribution < -0.4 is 10.6 Å². The van der Waals surface area contributed by atoms with Gasteiger partial charge < -0.3 is 15.2 Å². The average Bonchev–Trinajstić information content (AvgIpc) is 3.25. The molecule has 2 heterocycles. The fraction of sp³-hybridized carbons (Fsp3) is 0.471. The van der Waals surface area contributed by atoms with Gasteiger partial charge in [0, 0.05) is 28.7 Å². The van der Waals surface area contributed by atoms with E-state index in [0.717, 1.165) is 25.7 Å². The Hall–Kier alpha value is -1.63. The van der Waals surface area contributed by atoms with Crippen LogP contribution in [-0.4, -0.2) is 22.6 Å². The molecule has 1 saturated heterocycles. The molecule has 8 heteroatoms. The molecule has 1 aromatic carbocycles. The van der Waals surface area contributed by atoms with Crippen LogP contribution in [0, 0.1) is 0 Å². The van der Waals surface area contributed by atoms with Gasteiger partial charge in [0.1, 0.15) is 0 Å². The molecule has 1 saturated carbocycles. The van der Waals surface area contributed by atoms with E-state index in [4.69, 9.17) is 33.5 Å². The second-order valence-electron chi connectivity index (χ2n) is 6.85. The third-order valence-corrected chi connectivity index (χ3v) is 5.45. The first-order valence-electron chi connectivity index (χ1n) is 8.34. The largest absolute Gasteiger partial charge is 0.339 e. The molecule has 1 aliphatic heterocycles. The number of nitrogens with zero attached hydrogens (tertiary/aromatic N) is 3. The lowest BCUT2D eigenvalue weighted by Gasteiger charge is -2.18. The summed E-state index contributed by atoms with van der Waals surface area (Å²) in [5, 5.41) is 5.06. The lowest BCUT2D eigenvalue weighted by atomic mass is 9.98. The third-order valence-electron chi connectivity index (χ3n) is 5.02. The van der Waals surface area contributed by atoms with Crippen molar-refractivity contribution in [2.24, 2.45) is 5.73 Å². The van der Waals surface area contributed by atoms with Crippen molar-refractivity contribution in [1.82, 2.24) is 10.1 Å². The van der Waals surface area contributed by atoms with Crippen LogP contribution in [0.4, 0.5) is 5.69 Å². The normalized spacial score (nSPS) is 22.8. The minimum absolute atomic E-state index is 0.0218. The first kappa shape index (κ1) is 16.8. The standard InChI is InChI=1S/C17H18Cl2N4O2/c18-11-6-12(19)8-13(7-11)23-9-10(5-14(23)24)15-21-16(22-25-15)17(20)3-1-2-4-17/h6-8,10H,1-5,9,20H2. The van der Waals surface area contributed by atoms with Crippen LogP contribution in [0.1, 0.15) is 49.7 Å². The van der Waals surface area contributed by atoms with Gasteiger partial charge in [0.2, 0.25) is 11.8 Å². The van der Waals surface area contributed by atoms with Crippen molar-refractivity contribution in [3.05, 3.63) is 40.0 Å². The number of hydrogen-bond donors (Lipinski definition) is 1. The van der Waals surface area contributed by atoms with Gasteiger partial charge in [-0.3, -0.25) is 4.79 Å². The van der Waals surface area contributed by atoms with Crippen LogP contribution in [0.2, 0.25) is 10.0 Å². The fourth-order valence-corrected chi connectivity index (χ4v) is 4.16. The number of halogens is 2. The summed E-state index contributed by atoms with van der Waals surface area (Å²) in [6, 6.07) is 5.08. The number of amides is 1. The summed E-state index contributed by atoms with van der Waals surface area (Å²) in [6.45, 7) is 0.453. The van der Waals surface area contributed by atoms with E-state index < -0.39 is 5.54 Å². The first-order chi connectivity index (χ1) is 11.9. The van der Waals surface area contributed by atoms with Crippen molar-refractivity contribution >= 4 is 34.8 Å². The molecule has 0 radical (unpaired) electrons. The van der Waals surface area contributed by atoms with Crippen molar-refractivity contribution in [2.75, 3.05) is 11.4 Å². The average molecular weight is 381 g/mol. The molecule has 1 aliphatic carbocycles. The van der Waals surface area contributed by atoms with E-state index in [2.05, 4.69) is 10.1 Å². The molecule has 2 aliphatic rings. The zero-order valence-electron chi connectivity index (χ0n) is 13.5. The van der Waals surface area contributed by atoms with E-state index in [0.29, 0.717) is 40.4 Å². The van der Waals surface area contributed by atoms with Crippen LogP contribution in [0.5, 0.6) is 0 Å². The fourth-order valence-electron chi connectivity index (χ4n) is 3.65. The van der Waals surface area contributed by atoms with Crippen molar-refractivity contribution in [2.45, 2.75) is 43.6 Å². The Balaban J connectivity index is 1.55. The quantitative estimate of drug-likeness (QED) is 0.878. The molecule has 4 rings (SSSR count). The molecule has 2 fully saturated rings. The Morgan fingerprint density at radius 3 is 2.56 bits per heavy atom. The molecule has 0 spiro atoms. The van der Waals surface area contributed by atoms with Crippen LogP contribution >= 0.6 is 23.2 Å². The summed E-state index contributed by atoms with van der Waals surface area (Å²) in [5.41, 5.74) is 6.56. The highest BCUT2D eigenvalue weighted by atomic mass is 35.5. The number of rotatable bonds is 3. The Labute approximate surface area is 155 Å². The number of nitrogens with two attached hydrogens (primary N) is 1. The smallest absolute Gasteiger partial charge is 0.232 e. The molecule has 25 heavy (non-hydrogen) atoms. The Kier molecular flexibility index (Phi) is 4.22. The number of carbonyl (C=O) groups is 1. The predicted molar refractivity (Wildman–Crippen MR) is 94.8 cm³/mol. The lowest BCUT2D eigenvalue weighted by Crippen LogP contribution is -2.34. The van der Waals surface area contributed by atoms with E-state index in [1.54, 1.807) is 23.1 Å². The maximum Gasteiger partial charge on any atom is 0.232 e. The van der Waals surface area contributed by atoms with Gasteiger partial charge in [0.15, 0.2) is 5.82 Å². The molecule has 6 nitrogen and oxygen atoms in total. The summed E-state index contributed by atoms with van der Waals surface area (Å²) in [5.74, 6) is 0.843. The van der Waals surface area contributed by atoms with Crippen molar-refractivity contribution in [1.29, 1.82) is 0 Å². The van der Waals surface area contributed by atoms with Gasteiger partial charge in [-0.05, 0) is 31.0 Å². The van der Waals surface area contributed by atoms with Gasteiger partial charge in [0.25, 0.3) is 0 Å². The SMILES string of the molecule is NC1(c2noc(C3CC(=O)N(c4cc(Cl)cc(Cl)c4)C3)n2)CCCC1. The molecule has 1 atom stereocenters. The predicted octanol–water partition coefficient (Wildman–Crippen LogP) is 3.62. The monoisotopic (exact) mass is 380 g/mol. The van der Waals surface area contributed by atoms with E-state index in [-0.39, 0.29) is 11.8 Å². The Bertz CT molecular complexity index is 796. The summed E-state index contributed by atoms with van der Waals surface area (Å²) < 4.78 is 5.43. The van der Waals surface area contributed by atoms with Gasteiger partial charge in [0.05, 0.1) is 11.5 Å². The number of hydrogen-bond acceptors (Lipinski definition) is 5. The maximum atomic E-state index is 12.4. The molecular weight excluding hydrogens is 363 g/mol. The van der Waals surface area contributed by atoms with Gasteiger partial charge in [-0.1, -0.05) is 41.2 Å². The zero-order valence-corrected chi connectivity index (χ0v) is 15.1. The molecule has 1 unspecified atom stereocenters. The highest BCUT2D eigenvalue weighted by molar-refractivity contribution is 6.35. The van der Waals surface area contributed by atoms with E-state index in [9.17, 15) is 4.79 Å². The lowest BCUT2D eigenvalue weighted by molar-refractivity contribution is -0.117. The number of anilines is 1. The summed E-state index contributed by atoms with van der Waals surface area (Å²) in [6.07, 6.45) is 4.19. The zero-order chi connectivity index (χ0) is 17.6. The number of benzene rings is 1. The molecule has 132 valence electrons. The van der Waals surface area contributed by atoms with E-state index in [1.807, 2.05) is 0 Å². The first-order valence-corrected chi connectivity index (χ1v) is 9.10. The van der Waals surface area contributed by atoms with E-state index in [1.165, 1.54) is 0 Å². The Morgan fingerprint density at radius 2 is 1.88 bits per heavy atom. The maximum absolute atomic E-state index is 12.4. The summed E-state index contributed by atoms with van der Waals surface area (Å²) >= 11 is 12.1. The van der Waals surface area contributed by atoms with E-state index >= 15 is 0 Å². The number of aromatic nitrogens is 2. The minimum atomic E-state index is -0.496. The van der Waals surface area contributed by atoms with Crippen molar-refractivity contribution in [3.8, 4) is 0 Å². The van der Waals surface area contributed by atoms with Gasteiger partial charge in [-0.2, -0.15) is 4.98 Å². The molecule has 2 N–H and O–H groups in total. The van der Waals surface area contributed by atoms with Crippen LogP contribution in [0.3, 0.4) is 0 Å². The van der Waals surface area contributed by atoms with Crippen molar-refractivity contribution < 1.29 is 9.32 Å². The van der Waals surface area contributed by atoms with Crippen molar-refractivity contribution in [3.63, 3.8) is 0 Å². The second-order valence-corrected chi connectivity index (χ2v) is 7.73. The van der Waals surface area contributed by atoms with Crippen LogP contribution in [0.15, 0.2) is 22.7 Å². The minimum Gasteiger partial charge on any atom is -0.339 e. The number of carbonyl (C=O) groups excluding carboxylic acids is 1. The van der Waals surface area contributed by atoms with Crippen LogP contribution in [-0.2, 0) is 10.3 Å².